The van der Waals surface area contributed by atoms with Crippen LogP contribution in [0, 0.1) is 58.2 Å². The van der Waals surface area contributed by atoms with Crippen LogP contribution in [0.1, 0.15) is 43.5 Å². The quantitative estimate of drug-likeness (QED) is 0.0796. The van der Waals surface area contributed by atoms with E-state index in [0.29, 0.717) is 10.8 Å². The summed E-state index contributed by atoms with van der Waals surface area (Å²) >= 11 is 0. The number of hydrogen-bond donors (Lipinski definition) is 2. The highest BCUT2D eigenvalue weighted by Crippen LogP contribution is 2.42. The van der Waals surface area contributed by atoms with Crippen LogP contribution in [0.4, 0.5) is 49.6 Å². The number of anilines is 1. The van der Waals surface area contributed by atoms with Crippen LogP contribution in [0.3, 0.4) is 0 Å². The molecule has 2 amide bonds. The van der Waals surface area contributed by atoms with E-state index < -0.39 is 92.2 Å². The Morgan fingerprint density at radius 2 is 0.881 bits per heavy atom. The summed E-state index contributed by atoms with van der Waals surface area (Å²) in [5.41, 5.74) is -4.06. The number of hydrogen-bond acceptors (Lipinski definition) is 4. The van der Waals surface area contributed by atoms with Crippen molar-refractivity contribution in [1.29, 1.82) is 0 Å². The van der Waals surface area contributed by atoms with E-state index in [2.05, 4.69) is 19.9 Å². The first kappa shape index (κ1) is 41.1. The first-order chi connectivity index (χ1) is 32.2. The second kappa shape index (κ2) is 15.0. The average molecular weight is 914 g/mol. The van der Waals surface area contributed by atoms with Gasteiger partial charge in [-0.2, -0.15) is 0 Å². The van der Waals surface area contributed by atoms with Gasteiger partial charge < -0.3 is 9.97 Å². The highest BCUT2D eigenvalue weighted by molar-refractivity contribution is 6.35. The molecule has 3 aliphatic rings. The minimum atomic E-state index is -2.40. The van der Waals surface area contributed by atoms with Gasteiger partial charge in [0.2, 0.25) is 11.6 Å². The van der Waals surface area contributed by atoms with E-state index in [1.807, 2.05) is 0 Å². The Hall–Kier alpha value is -8.60. The van der Waals surface area contributed by atoms with Crippen LogP contribution in [0.2, 0.25) is 0 Å². The van der Waals surface area contributed by atoms with Crippen molar-refractivity contribution in [3.8, 4) is 33.4 Å². The number of imide groups is 1. The van der Waals surface area contributed by atoms with Crippen molar-refractivity contribution >= 4 is 74.6 Å². The fraction of sp³-hybridized carbons (Fsp3) is 0. The van der Waals surface area contributed by atoms with E-state index in [4.69, 9.17) is 0 Å². The minimum Gasteiger partial charge on any atom is -0.355 e. The zero-order valence-electron chi connectivity index (χ0n) is 33.4. The summed E-state index contributed by atoms with van der Waals surface area (Å²) in [4.78, 5) is 44.1. The molecule has 3 aromatic heterocycles. The lowest BCUT2D eigenvalue weighted by Gasteiger charge is -2.27. The van der Waals surface area contributed by atoms with Crippen LogP contribution < -0.4 is 4.90 Å². The van der Waals surface area contributed by atoms with E-state index in [1.54, 1.807) is 36.4 Å². The Labute approximate surface area is 368 Å². The van der Waals surface area contributed by atoms with Gasteiger partial charge >= 0.3 is 0 Å². The number of rotatable bonds is 4. The summed E-state index contributed by atoms with van der Waals surface area (Å²) in [6.07, 6.45) is 5.11. The molecule has 8 aromatic rings. The van der Waals surface area contributed by atoms with Crippen LogP contribution in [-0.4, -0.2) is 31.8 Å². The van der Waals surface area contributed by atoms with Crippen molar-refractivity contribution in [2.24, 2.45) is 0 Å². The number of nitrogens with one attached hydrogen (secondary N) is 2. The molecule has 0 saturated heterocycles. The third kappa shape index (κ3) is 6.14. The number of H-pyrrole nitrogens is 2. The number of amides is 2. The lowest BCUT2D eigenvalue weighted by molar-refractivity contribution is 0.0893. The maximum absolute atomic E-state index is 15.8. The molecule has 0 radical (unpaired) electrons. The Morgan fingerprint density at radius 3 is 1.46 bits per heavy atom. The molecule has 3 aliphatic heterocycles. The van der Waals surface area contributed by atoms with E-state index >= 15 is 17.6 Å². The van der Waals surface area contributed by atoms with Crippen molar-refractivity contribution in [2.75, 3.05) is 4.90 Å². The summed E-state index contributed by atoms with van der Waals surface area (Å²) in [5, 5.41) is 1.10. The fourth-order valence-electron chi connectivity index (χ4n) is 8.68. The molecule has 0 spiro atoms. The molecule has 0 atom stereocenters. The van der Waals surface area contributed by atoms with Gasteiger partial charge in [0, 0.05) is 55.3 Å². The SMILES string of the molecule is O=C1c2cccc3cccc(c23)C(=O)N1c1cccc(-c2c3nc(c(-c4c(F)c(F)c(F)c(F)c4F)c4ccc(cc5nc(c(-c6c(F)c(F)c(F)c(F)c6F)c6ccc2[nH]6)C=C5)[nH]4)C=C3)c1. The Bertz CT molecular complexity index is 3660. The predicted octanol–water partition coefficient (Wildman–Crippen LogP) is 13.0. The normalized spacial score (nSPS) is 13.1. The molecule has 7 nitrogen and oxygen atoms in total. The van der Waals surface area contributed by atoms with Crippen molar-refractivity contribution in [1.82, 2.24) is 19.9 Å². The molecule has 5 aromatic carbocycles. The minimum absolute atomic E-state index is 0.00922. The first-order valence-electron chi connectivity index (χ1n) is 19.9. The summed E-state index contributed by atoms with van der Waals surface area (Å²) in [7, 11) is 0. The second-order valence-electron chi connectivity index (χ2n) is 15.4. The molecule has 328 valence electrons. The number of halogens is 10. The van der Waals surface area contributed by atoms with Gasteiger partial charge in [-0.05, 0) is 89.9 Å². The van der Waals surface area contributed by atoms with Crippen LogP contribution in [-0.2, 0) is 0 Å². The summed E-state index contributed by atoms with van der Waals surface area (Å²) in [5.74, 6) is -23.7. The highest BCUT2D eigenvalue weighted by atomic mass is 19.2. The molecule has 0 unspecified atom stereocenters. The second-order valence-corrected chi connectivity index (χ2v) is 15.4. The van der Waals surface area contributed by atoms with E-state index in [0.717, 1.165) is 4.90 Å². The number of aromatic nitrogens is 4. The number of carbonyl (C=O) groups excluding carboxylic acids is 2. The predicted molar refractivity (Wildman–Crippen MR) is 230 cm³/mol. The van der Waals surface area contributed by atoms with E-state index in [1.165, 1.54) is 78.9 Å². The van der Waals surface area contributed by atoms with Gasteiger partial charge in [-0.3, -0.25) is 9.59 Å². The monoisotopic (exact) mass is 913 g/mol. The molecule has 2 N–H and O–H groups in total. The standard InChI is InChI=1S/C50H21F10N5O2/c51-39-37(40(52)44(56)47(59)43(39)55)35-29-12-10-22(61-29)19-23-11-13-30(62-23)36(38-41(53)45(57)48(60)46(58)42(38)54)32-17-15-28(64-32)34(27-14-16-31(35)63-27)21-6-1-7-24(18-21)65-49(66)25-8-2-4-20-5-3-9-26(33(20)25)50(65)67/h1-19,61,64H. The van der Waals surface area contributed by atoms with Crippen LogP contribution in [0.25, 0.3) is 90.5 Å². The number of fused-ring (bicyclic) bond motifs is 8. The molecule has 11 rings (SSSR count). The van der Waals surface area contributed by atoms with Gasteiger partial charge in [-0.15, -0.1) is 0 Å². The molecular formula is C50H21F10N5O2. The molecule has 67 heavy (non-hydrogen) atoms. The first-order valence-corrected chi connectivity index (χ1v) is 19.9. The lowest BCUT2D eigenvalue weighted by atomic mass is 9.93. The summed E-state index contributed by atoms with van der Waals surface area (Å²) in [6.45, 7) is 0. The topological polar surface area (TPSA) is 94.7 Å². The van der Waals surface area contributed by atoms with E-state index in [9.17, 15) is 35.9 Å². The molecule has 8 bridgehead atoms. The Morgan fingerprint density at radius 1 is 0.418 bits per heavy atom. The zero-order chi connectivity index (χ0) is 46.7. The highest BCUT2D eigenvalue weighted by Gasteiger charge is 2.35. The molecule has 6 heterocycles. The van der Waals surface area contributed by atoms with Gasteiger partial charge in [0.25, 0.3) is 11.8 Å². The van der Waals surface area contributed by atoms with Gasteiger partial charge in [0.05, 0.1) is 39.6 Å². The maximum Gasteiger partial charge on any atom is 0.265 e. The maximum atomic E-state index is 15.8. The van der Waals surface area contributed by atoms with Crippen molar-refractivity contribution < 1.29 is 53.5 Å². The molecule has 0 saturated carbocycles. The summed E-state index contributed by atoms with van der Waals surface area (Å²) < 4.78 is 152. The van der Waals surface area contributed by atoms with E-state index in [-0.39, 0.29) is 72.8 Å². The largest absolute Gasteiger partial charge is 0.355 e. The van der Waals surface area contributed by atoms with Crippen LogP contribution in [0.5, 0.6) is 0 Å². The third-order valence-corrected chi connectivity index (χ3v) is 11.7. The molecular weight excluding hydrogens is 893 g/mol. The fourth-order valence-corrected chi connectivity index (χ4v) is 8.68. The number of benzene rings is 5. The number of nitrogens with zero attached hydrogens (tertiary/aromatic N) is 3. The number of aromatic amines is 2. The van der Waals surface area contributed by atoms with Gasteiger partial charge in [0.1, 0.15) is 0 Å². The molecule has 0 fully saturated rings. The molecule has 0 aliphatic carbocycles. The van der Waals surface area contributed by atoms with Gasteiger partial charge in [-0.1, -0.05) is 36.4 Å². The summed E-state index contributed by atoms with van der Waals surface area (Å²) in [6, 6.07) is 22.4. The van der Waals surface area contributed by atoms with Crippen LogP contribution >= 0.6 is 0 Å². The number of carbonyl (C=O) groups is 2. The van der Waals surface area contributed by atoms with Crippen molar-refractivity contribution in [3.63, 3.8) is 0 Å². The molecule has 17 heteroatoms. The average Bonchev–Trinajstić information content (AvgIpc) is 4.18. The van der Waals surface area contributed by atoms with Crippen molar-refractivity contribution in [3.05, 3.63) is 183 Å². The van der Waals surface area contributed by atoms with Crippen LogP contribution in [0.15, 0.2) is 91.0 Å². The zero-order valence-corrected chi connectivity index (χ0v) is 33.4. The smallest absolute Gasteiger partial charge is 0.265 e. The van der Waals surface area contributed by atoms with Gasteiger partial charge in [-0.25, -0.2) is 58.8 Å². The Balaban J connectivity index is 1.25. The van der Waals surface area contributed by atoms with Gasteiger partial charge in [0.15, 0.2) is 46.5 Å². The Kier molecular flexibility index (Phi) is 9.20. The lowest BCUT2D eigenvalue weighted by Crippen LogP contribution is -2.40. The third-order valence-electron chi connectivity index (χ3n) is 11.7. The van der Waals surface area contributed by atoms with Crippen molar-refractivity contribution in [2.45, 2.75) is 0 Å².